The van der Waals surface area contributed by atoms with Crippen molar-refractivity contribution in [1.29, 1.82) is 0 Å². The first kappa shape index (κ1) is 10.2. The number of nitrogens with one attached hydrogen (secondary N) is 1. The van der Waals surface area contributed by atoms with Crippen LogP contribution in [0.2, 0.25) is 5.15 Å². The monoisotopic (exact) mass is 201 g/mol. The molecule has 1 rings (SSSR count). The molecule has 0 bridgehead atoms. The summed E-state index contributed by atoms with van der Waals surface area (Å²) in [5.41, 5.74) is 0. The van der Waals surface area contributed by atoms with Gasteiger partial charge in [0.2, 0.25) is 0 Å². The molecule has 72 valence electrons. The Morgan fingerprint density at radius 2 is 2.38 bits per heavy atom. The summed E-state index contributed by atoms with van der Waals surface area (Å²) in [4.78, 5) is 7.70. The van der Waals surface area contributed by atoms with Crippen LogP contribution in [0.3, 0.4) is 0 Å². The van der Waals surface area contributed by atoms with Gasteiger partial charge in [0.15, 0.2) is 0 Å². The van der Waals surface area contributed by atoms with Crippen molar-refractivity contribution < 1.29 is 5.11 Å². The van der Waals surface area contributed by atoms with Gasteiger partial charge in [-0.3, -0.25) is 0 Å². The highest BCUT2D eigenvalue weighted by Crippen LogP contribution is 2.08. The fourth-order valence-corrected chi connectivity index (χ4v) is 0.986. The molecular formula is C8H12ClN3O. The number of aliphatic hydroxyl groups is 1. The predicted octanol–water partition coefficient (Wildman–Crippen LogP) is 1.31. The molecular weight excluding hydrogens is 190 g/mol. The van der Waals surface area contributed by atoms with Crippen LogP contribution >= 0.6 is 11.6 Å². The quantitative estimate of drug-likeness (QED) is 0.722. The molecule has 1 heterocycles. The molecule has 1 atom stereocenters. The van der Waals surface area contributed by atoms with Crippen LogP contribution < -0.4 is 5.32 Å². The minimum absolute atomic E-state index is 0.301. The van der Waals surface area contributed by atoms with E-state index in [4.69, 9.17) is 16.7 Å². The third-order valence-electron chi connectivity index (χ3n) is 1.50. The van der Waals surface area contributed by atoms with E-state index in [9.17, 15) is 0 Å². The lowest BCUT2D eigenvalue weighted by molar-refractivity contribution is 0.188. The Bertz CT molecular complexity index is 267. The lowest BCUT2D eigenvalue weighted by atomic mass is 10.3. The molecule has 0 aliphatic carbocycles. The van der Waals surface area contributed by atoms with Crippen molar-refractivity contribution in [3.63, 3.8) is 0 Å². The van der Waals surface area contributed by atoms with Crippen molar-refractivity contribution in [1.82, 2.24) is 9.97 Å². The van der Waals surface area contributed by atoms with Gasteiger partial charge in [0.1, 0.15) is 17.3 Å². The van der Waals surface area contributed by atoms with Gasteiger partial charge in [-0.05, 0) is 13.3 Å². The van der Waals surface area contributed by atoms with Crippen LogP contribution in [0.5, 0.6) is 0 Å². The minimum Gasteiger partial charge on any atom is -0.393 e. The molecule has 0 aliphatic rings. The first-order valence-corrected chi connectivity index (χ1v) is 4.46. The summed E-state index contributed by atoms with van der Waals surface area (Å²) in [6, 6.07) is 1.64. The molecule has 0 spiro atoms. The van der Waals surface area contributed by atoms with Crippen molar-refractivity contribution in [2.24, 2.45) is 0 Å². The maximum Gasteiger partial charge on any atom is 0.134 e. The van der Waals surface area contributed by atoms with E-state index in [-0.39, 0.29) is 6.10 Å². The standard InChI is InChI=1S/C8H12ClN3O/c1-6(13)2-3-10-8-4-7(9)11-5-12-8/h4-6,13H,2-3H2,1H3,(H,10,11,12)/t6-/m1/s1. The summed E-state index contributed by atoms with van der Waals surface area (Å²) in [5.74, 6) is 0.681. The molecule has 5 heteroatoms. The number of halogens is 1. The molecule has 1 aromatic heterocycles. The summed E-state index contributed by atoms with van der Waals surface area (Å²) < 4.78 is 0. The van der Waals surface area contributed by atoms with E-state index < -0.39 is 0 Å². The molecule has 0 fully saturated rings. The molecule has 0 saturated heterocycles. The van der Waals surface area contributed by atoms with Crippen molar-refractivity contribution in [2.75, 3.05) is 11.9 Å². The van der Waals surface area contributed by atoms with Crippen LogP contribution in [-0.2, 0) is 0 Å². The first-order chi connectivity index (χ1) is 6.18. The zero-order valence-corrected chi connectivity index (χ0v) is 8.12. The third kappa shape index (κ3) is 4.05. The highest BCUT2D eigenvalue weighted by Gasteiger charge is 1.97. The molecule has 13 heavy (non-hydrogen) atoms. The molecule has 0 amide bonds. The Kier molecular flexibility index (Phi) is 3.92. The Morgan fingerprint density at radius 1 is 1.62 bits per heavy atom. The molecule has 0 unspecified atom stereocenters. The molecule has 0 aliphatic heterocycles. The average molecular weight is 202 g/mol. The number of aliphatic hydroxyl groups excluding tert-OH is 1. The van der Waals surface area contributed by atoms with Gasteiger partial charge >= 0.3 is 0 Å². The number of rotatable bonds is 4. The molecule has 2 N–H and O–H groups in total. The van der Waals surface area contributed by atoms with Gasteiger partial charge in [-0.2, -0.15) is 0 Å². The zero-order valence-electron chi connectivity index (χ0n) is 7.37. The maximum absolute atomic E-state index is 8.99. The van der Waals surface area contributed by atoms with E-state index in [1.165, 1.54) is 6.33 Å². The van der Waals surface area contributed by atoms with Gasteiger partial charge in [0.05, 0.1) is 6.10 Å². The number of hydrogen-bond acceptors (Lipinski definition) is 4. The largest absolute Gasteiger partial charge is 0.393 e. The van der Waals surface area contributed by atoms with Crippen molar-refractivity contribution in [3.8, 4) is 0 Å². The van der Waals surface area contributed by atoms with Gasteiger partial charge in [0, 0.05) is 12.6 Å². The molecule has 4 nitrogen and oxygen atoms in total. The number of nitrogens with zero attached hydrogens (tertiary/aromatic N) is 2. The maximum atomic E-state index is 8.99. The molecule has 0 saturated carbocycles. The second-order valence-corrected chi connectivity index (χ2v) is 3.18. The van der Waals surface area contributed by atoms with Crippen LogP contribution in [0.4, 0.5) is 5.82 Å². The summed E-state index contributed by atoms with van der Waals surface area (Å²) in [6.45, 7) is 2.42. The summed E-state index contributed by atoms with van der Waals surface area (Å²) in [5, 5.41) is 12.4. The Hall–Kier alpha value is -0.870. The van der Waals surface area contributed by atoms with E-state index in [1.807, 2.05) is 0 Å². The molecule has 1 aromatic rings. The van der Waals surface area contributed by atoms with Gasteiger partial charge in [-0.1, -0.05) is 11.6 Å². The van der Waals surface area contributed by atoms with E-state index >= 15 is 0 Å². The molecule has 0 radical (unpaired) electrons. The minimum atomic E-state index is -0.301. The summed E-state index contributed by atoms with van der Waals surface area (Å²) >= 11 is 5.65. The van der Waals surface area contributed by atoms with E-state index in [1.54, 1.807) is 13.0 Å². The van der Waals surface area contributed by atoms with Gasteiger partial charge in [-0.15, -0.1) is 0 Å². The Balaban J connectivity index is 2.37. The zero-order chi connectivity index (χ0) is 9.68. The van der Waals surface area contributed by atoms with Gasteiger partial charge < -0.3 is 10.4 Å². The van der Waals surface area contributed by atoms with Crippen LogP contribution in [-0.4, -0.2) is 27.7 Å². The van der Waals surface area contributed by atoms with Crippen LogP contribution in [0.15, 0.2) is 12.4 Å². The normalized spacial score (nSPS) is 12.5. The number of anilines is 1. The predicted molar refractivity (Wildman–Crippen MR) is 51.8 cm³/mol. The fraction of sp³-hybridized carbons (Fsp3) is 0.500. The first-order valence-electron chi connectivity index (χ1n) is 4.08. The van der Waals surface area contributed by atoms with Crippen LogP contribution in [0.1, 0.15) is 13.3 Å². The second-order valence-electron chi connectivity index (χ2n) is 2.79. The van der Waals surface area contributed by atoms with E-state index in [2.05, 4.69) is 15.3 Å². The van der Waals surface area contributed by atoms with Crippen molar-refractivity contribution in [2.45, 2.75) is 19.4 Å². The summed E-state index contributed by atoms with van der Waals surface area (Å²) in [7, 11) is 0. The highest BCUT2D eigenvalue weighted by molar-refractivity contribution is 6.29. The summed E-state index contributed by atoms with van der Waals surface area (Å²) in [6.07, 6.45) is 1.78. The van der Waals surface area contributed by atoms with Crippen LogP contribution in [0, 0.1) is 0 Å². The van der Waals surface area contributed by atoms with Crippen molar-refractivity contribution in [3.05, 3.63) is 17.5 Å². The third-order valence-corrected chi connectivity index (χ3v) is 1.71. The van der Waals surface area contributed by atoms with E-state index in [0.717, 1.165) is 0 Å². The lowest BCUT2D eigenvalue weighted by Crippen LogP contribution is -2.10. The topological polar surface area (TPSA) is 58.0 Å². The Labute approximate surface area is 82.0 Å². The SMILES string of the molecule is C[C@@H](O)CCNc1cc(Cl)ncn1. The van der Waals surface area contributed by atoms with Crippen molar-refractivity contribution >= 4 is 17.4 Å². The van der Waals surface area contributed by atoms with Gasteiger partial charge in [0.25, 0.3) is 0 Å². The number of aromatic nitrogens is 2. The second kappa shape index (κ2) is 4.99. The fourth-order valence-electron chi connectivity index (χ4n) is 0.839. The smallest absolute Gasteiger partial charge is 0.134 e. The molecule has 0 aromatic carbocycles. The highest BCUT2D eigenvalue weighted by atomic mass is 35.5. The van der Waals surface area contributed by atoms with Gasteiger partial charge in [-0.25, -0.2) is 9.97 Å². The van der Waals surface area contributed by atoms with E-state index in [0.29, 0.717) is 23.9 Å². The number of hydrogen-bond donors (Lipinski definition) is 2. The average Bonchev–Trinajstić information content (AvgIpc) is 2.03. The van der Waals surface area contributed by atoms with Crippen LogP contribution in [0.25, 0.3) is 0 Å². The Morgan fingerprint density at radius 3 is 3.00 bits per heavy atom. The lowest BCUT2D eigenvalue weighted by Gasteiger charge is -2.06.